The maximum absolute atomic E-state index is 13.4. The van der Waals surface area contributed by atoms with Gasteiger partial charge in [0.05, 0.1) is 11.6 Å². The summed E-state index contributed by atoms with van der Waals surface area (Å²) in [6.07, 6.45) is -0.462. The Kier molecular flexibility index (Phi) is 4.25. The van der Waals surface area contributed by atoms with Crippen LogP contribution in [0.3, 0.4) is 0 Å². The van der Waals surface area contributed by atoms with Gasteiger partial charge in [0.1, 0.15) is 5.82 Å². The first-order chi connectivity index (χ1) is 10.3. The van der Waals surface area contributed by atoms with Gasteiger partial charge in [0.15, 0.2) is 11.5 Å². The summed E-state index contributed by atoms with van der Waals surface area (Å²) >= 11 is 0. The van der Waals surface area contributed by atoms with E-state index in [4.69, 9.17) is 0 Å². The van der Waals surface area contributed by atoms with Gasteiger partial charge in [-0.25, -0.2) is 4.39 Å². The predicted molar refractivity (Wildman–Crippen MR) is 70.8 cm³/mol. The summed E-state index contributed by atoms with van der Waals surface area (Å²) in [5.41, 5.74) is 0.106. The van der Waals surface area contributed by atoms with Crippen molar-refractivity contribution in [3.63, 3.8) is 0 Å². The van der Waals surface area contributed by atoms with Gasteiger partial charge in [0.2, 0.25) is 0 Å². The lowest BCUT2D eigenvalue weighted by atomic mass is 9.96. The third-order valence-electron chi connectivity index (χ3n) is 3.40. The molecule has 1 amide bonds. The summed E-state index contributed by atoms with van der Waals surface area (Å²) < 4.78 is 13.4. The molecule has 1 aliphatic heterocycles. The van der Waals surface area contributed by atoms with Crippen LogP contribution in [0.5, 0.6) is 0 Å². The molecule has 116 valence electrons. The van der Waals surface area contributed by atoms with E-state index in [1.807, 2.05) is 0 Å². The minimum Gasteiger partial charge on any atom is -0.550 e. The molecule has 0 bridgehead atoms. The van der Waals surface area contributed by atoms with E-state index in [-0.39, 0.29) is 17.7 Å². The third kappa shape index (κ3) is 2.83. The second-order valence-corrected chi connectivity index (χ2v) is 4.90. The lowest BCUT2D eigenvalue weighted by Crippen LogP contribution is -2.35. The number of aliphatic hydroxyl groups excluding tert-OH is 1. The fourth-order valence-corrected chi connectivity index (χ4v) is 2.48. The van der Waals surface area contributed by atoms with Gasteiger partial charge >= 0.3 is 0 Å². The van der Waals surface area contributed by atoms with E-state index in [0.717, 1.165) is 11.0 Å². The molecular formula is C15H13FNO5-. The van der Waals surface area contributed by atoms with Gasteiger partial charge in [-0.3, -0.25) is 9.59 Å². The van der Waals surface area contributed by atoms with Gasteiger partial charge in [-0.1, -0.05) is 12.1 Å². The SMILES string of the molecule is CC(=O)C1=C(O)C(=O)N(CCC(=O)[O-])[C@H]1c1cccc(F)c1. The van der Waals surface area contributed by atoms with Crippen LogP contribution in [0, 0.1) is 5.82 Å². The number of aliphatic carboxylic acids is 1. The Labute approximate surface area is 125 Å². The summed E-state index contributed by atoms with van der Waals surface area (Å²) in [5.74, 6) is -4.09. The number of aliphatic hydroxyl groups is 1. The smallest absolute Gasteiger partial charge is 0.290 e. The molecular weight excluding hydrogens is 293 g/mol. The van der Waals surface area contributed by atoms with Crippen molar-refractivity contribution in [2.45, 2.75) is 19.4 Å². The molecule has 0 fully saturated rings. The lowest BCUT2D eigenvalue weighted by Gasteiger charge is -2.26. The first kappa shape index (κ1) is 15.7. The fourth-order valence-electron chi connectivity index (χ4n) is 2.48. The minimum atomic E-state index is -1.37. The summed E-state index contributed by atoms with van der Waals surface area (Å²) in [7, 11) is 0. The first-order valence-electron chi connectivity index (χ1n) is 6.53. The second kappa shape index (κ2) is 5.97. The van der Waals surface area contributed by atoms with Crippen molar-refractivity contribution in [1.29, 1.82) is 0 Å². The Balaban J connectivity index is 2.48. The number of hydrogen-bond acceptors (Lipinski definition) is 5. The van der Waals surface area contributed by atoms with E-state index < -0.39 is 41.7 Å². The van der Waals surface area contributed by atoms with Gasteiger partial charge in [0, 0.05) is 18.9 Å². The minimum absolute atomic E-state index is 0.172. The average molecular weight is 306 g/mol. The molecule has 0 aliphatic carbocycles. The van der Waals surface area contributed by atoms with Crippen LogP contribution < -0.4 is 5.11 Å². The van der Waals surface area contributed by atoms with Crippen molar-refractivity contribution in [1.82, 2.24) is 4.90 Å². The standard InChI is InChI=1S/C15H14FNO5/c1-8(18)12-13(9-3-2-4-10(16)7-9)17(6-5-11(19)20)15(22)14(12)21/h2-4,7,13,21H,5-6H2,1H3,(H,19,20)/p-1/t13-/m0/s1. The molecule has 0 saturated heterocycles. The molecule has 1 aliphatic rings. The molecule has 0 spiro atoms. The zero-order valence-electron chi connectivity index (χ0n) is 11.7. The number of benzene rings is 1. The van der Waals surface area contributed by atoms with Gasteiger partial charge < -0.3 is 19.9 Å². The number of Topliss-reactive ketones (excluding diaryl/α,β-unsaturated/α-hetero) is 1. The number of carboxylic acids is 1. The van der Waals surface area contributed by atoms with Crippen LogP contribution in [0.1, 0.15) is 24.9 Å². The molecule has 6 nitrogen and oxygen atoms in total. The summed E-state index contributed by atoms with van der Waals surface area (Å²) in [4.78, 5) is 35.4. The number of carbonyl (C=O) groups is 3. The Bertz CT molecular complexity index is 682. The van der Waals surface area contributed by atoms with Crippen molar-refractivity contribution in [2.75, 3.05) is 6.54 Å². The number of ketones is 1. The predicted octanol–water partition coefficient (Wildman–Crippen LogP) is 0.250. The van der Waals surface area contributed by atoms with E-state index in [2.05, 4.69) is 0 Å². The van der Waals surface area contributed by atoms with Crippen LogP contribution in [0.2, 0.25) is 0 Å². The summed E-state index contributed by atoms with van der Waals surface area (Å²) in [6.45, 7) is 0.913. The van der Waals surface area contributed by atoms with Gasteiger partial charge in [0.25, 0.3) is 5.91 Å². The number of carboxylic acid groups (broad SMARTS) is 1. The van der Waals surface area contributed by atoms with E-state index in [1.54, 1.807) is 0 Å². The highest BCUT2D eigenvalue weighted by Gasteiger charge is 2.42. The van der Waals surface area contributed by atoms with Crippen LogP contribution >= 0.6 is 0 Å². The third-order valence-corrected chi connectivity index (χ3v) is 3.40. The maximum Gasteiger partial charge on any atom is 0.290 e. The zero-order valence-corrected chi connectivity index (χ0v) is 11.7. The first-order valence-corrected chi connectivity index (χ1v) is 6.53. The van der Waals surface area contributed by atoms with Crippen LogP contribution in [-0.4, -0.2) is 34.2 Å². The Morgan fingerprint density at radius 2 is 2.09 bits per heavy atom. The summed E-state index contributed by atoms with van der Waals surface area (Å²) in [6, 6.07) is 4.21. The van der Waals surface area contributed by atoms with Crippen molar-refractivity contribution in [2.24, 2.45) is 0 Å². The van der Waals surface area contributed by atoms with Crippen molar-refractivity contribution < 1.29 is 29.0 Å². The number of rotatable bonds is 5. The van der Waals surface area contributed by atoms with Crippen LogP contribution in [0.4, 0.5) is 4.39 Å². The zero-order chi connectivity index (χ0) is 16.4. The molecule has 1 N–H and O–H groups in total. The number of halogens is 1. The van der Waals surface area contributed by atoms with Crippen LogP contribution in [0.15, 0.2) is 35.6 Å². The summed E-state index contributed by atoms with van der Waals surface area (Å²) in [5, 5.41) is 20.5. The average Bonchev–Trinajstić information content (AvgIpc) is 2.69. The van der Waals surface area contributed by atoms with Gasteiger partial charge in [-0.2, -0.15) is 0 Å². The highest BCUT2D eigenvalue weighted by molar-refractivity contribution is 6.08. The maximum atomic E-state index is 13.4. The quantitative estimate of drug-likeness (QED) is 0.841. The van der Waals surface area contributed by atoms with E-state index in [0.29, 0.717) is 0 Å². The highest BCUT2D eigenvalue weighted by atomic mass is 19.1. The van der Waals surface area contributed by atoms with E-state index in [1.165, 1.54) is 25.1 Å². The fraction of sp³-hybridized carbons (Fsp3) is 0.267. The number of hydrogen-bond donors (Lipinski definition) is 1. The normalized spacial score (nSPS) is 18.0. The highest BCUT2D eigenvalue weighted by Crippen LogP contribution is 2.37. The van der Waals surface area contributed by atoms with Crippen LogP contribution in [-0.2, 0) is 14.4 Å². The molecule has 1 aromatic carbocycles. The molecule has 0 saturated carbocycles. The molecule has 0 aromatic heterocycles. The number of carbonyl (C=O) groups excluding carboxylic acids is 3. The lowest BCUT2D eigenvalue weighted by molar-refractivity contribution is -0.305. The Morgan fingerprint density at radius 3 is 2.64 bits per heavy atom. The van der Waals surface area contributed by atoms with Crippen molar-refractivity contribution in [3.8, 4) is 0 Å². The second-order valence-electron chi connectivity index (χ2n) is 4.90. The largest absolute Gasteiger partial charge is 0.550 e. The van der Waals surface area contributed by atoms with Crippen molar-refractivity contribution in [3.05, 3.63) is 47.0 Å². The molecule has 22 heavy (non-hydrogen) atoms. The van der Waals surface area contributed by atoms with Crippen molar-refractivity contribution >= 4 is 17.7 Å². The molecule has 1 aromatic rings. The molecule has 2 rings (SSSR count). The molecule has 0 radical (unpaired) electrons. The molecule has 7 heteroatoms. The van der Waals surface area contributed by atoms with Gasteiger partial charge in [-0.15, -0.1) is 0 Å². The monoisotopic (exact) mass is 306 g/mol. The number of amides is 1. The van der Waals surface area contributed by atoms with E-state index >= 15 is 0 Å². The topological polar surface area (TPSA) is 97.7 Å². The molecule has 1 atom stereocenters. The molecule has 1 heterocycles. The Morgan fingerprint density at radius 1 is 1.41 bits per heavy atom. The van der Waals surface area contributed by atoms with E-state index in [9.17, 15) is 29.0 Å². The Hall–Kier alpha value is -2.70. The number of nitrogens with zero attached hydrogens (tertiary/aromatic N) is 1. The van der Waals surface area contributed by atoms with Crippen LogP contribution in [0.25, 0.3) is 0 Å². The van der Waals surface area contributed by atoms with Gasteiger partial charge in [-0.05, 0) is 24.6 Å². The molecule has 0 unspecified atom stereocenters.